The Hall–Kier alpha value is -3.13. The first-order valence-electron chi connectivity index (χ1n) is 9.31. The average Bonchev–Trinajstić information content (AvgIpc) is 3.21. The van der Waals surface area contributed by atoms with Gasteiger partial charge in [-0.05, 0) is 13.3 Å². The van der Waals surface area contributed by atoms with Crippen molar-refractivity contribution in [2.45, 2.75) is 50.4 Å². The Morgan fingerprint density at radius 1 is 1.13 bits per heavy atom. The number of carboxylic acids is 1. The summed E-state index contributed by atoms with van der Waals surface area (Å²) in [5.74, 6) is -4.29. The quantitative estimate of drug-likeness (QED) is 0.142. The second-order valence-corrected chi connectivity index (χ2v) is 7.13. The van der Waals surface area contributed by atoms with E-state index in [2.05, 4.69) is 38.5 Å². The number of H-pyrrole nitrogens is 1. The van der Waals surface area contributed by atoms with Gasteiger partial charge in [0, 0.05) is 30.5 Å². The number of aliphatic carboxylic acids is 1. The molecule has 14 heteroatoms. The summed E-state index contributed by atoms with van der Waals surface area (Å²) in [6.45, 7) is 1.40. The number of carboxylic acid groups (broad SMARTS) is 1. The second-order valence-electron chi connectivity index (χ2n) is 6.77. The predicted octanol–water partition coefficient (Wildman–Crippen LogP) is -2.97. The third kappa shape index (κ3) is 9.04. The Kier molecular flexibility index (Phi) is 10.5. The molecule has 0 aliphatic heterocycles. The van der Waals surface area contributed by atoms with Gasteiger partial charge in [0.25, 0.3) is 0 Å². The first-order chi connectivity index (χ1) is 14.5. The molecule has 4 atom stereocenters. The highest BCUT2D eigenvalue weighted by atomic mass is 32.1. The number of thiol groups is 1. The van der Waals surface area contributed by atoms with Gasteiger partial charge >= 0.3 is 5.97 Å². The van der Waals surface area contributed by atoms with Crippen molar-refractivity contribution in [2.24, 2.45) is 11.5 Å². The minimum Gasteiger partial charge on any atom is -0.480 e. The maximum absolute atomic E-state index is 12.4. The van der Waals surface area contributed by atoms with Crippen LogP contribution in [0.1, 0.15) is 25.5 Å². The van der Waals surface area contributed by atoms with Crippen molar-refractivity contribution in [3.8, 4) is 0 Å². The molecule has 1 rings (SSSR count). The number of carbonyl (C=O) groups is 5. The summed E-state index contributed by atoms with van der Waals surface area (Å²) in [7, 11) is 0. The molecule has 4 amide bonds. The Labute approximate surface area is 183 Å². The molecule has 172 valence electrons. The Morgan fingerprint density at radius 3 is 2.29 bits per heavy atom. The van der Waals surface area contributed by atoms with Gasteiger partial charge in [-0.1, -0.05) is 0 Å². The molecular weight excluding hydrogens is 430 g/mol. The first kappa shape index (κ1) is 25.9. The molecule has 1 aromatic heterocycles. The Morgan fingerprint density at radius 2 is 1.77 bits per heavy atom. The number of nitrogens with two attached hydrogens (primary N) is 2. The summed E-state index contributed by atoms with van der Waals surface area (Å²) in [4.78, 5) is 65.6. The molecule has 0 aliphatic rings. The van der Waals surface area contributed by atoms with Crippen molar-refractivity contribution < 1.29 is 29.1 Å². The molecule has 0 spiro atoms. The van der Waals surface area contributed by atoms with Gasteiger partial charge in [0.2, 0.25) is 23.6 Å². The number of rotatable bonds is 13. The molecule has 0 aromatic carbocycles. The highest BCUT2D eigenvalue weighted by molar-refractivity contribution is 7.80. The summed E-state index contributed by atoms with van der Waals surface area (Å²) < 4.78 is 0. The number of nitrogens with zero attached hydrogens (tertiary/aromatic N) is 1. The van der Waals surface area contributed by atoms with Crippen molar-refractivity contribution in [2.75, 3.05) is 5.75 Å². The molecule has 0 saturated heterocycles. The first-order valence-corrected chi connectivity index (χ1v) is 9.94. The topological polar surface area (TPSA) is 222 Å². The largest absolute Gasteiger partial charge is 0.480 e. The highest BCUT2D eigenvalue weighted by Crippen LogP contribution is 2.01. The number of hydrogen-bond acceptors (Lipinski definition) is 8. The van der Waals surface area contributed by atoms with Gasteiger partial charge in [-0.2, -0.15) is 12.6 Å². The lowest BCUT2D eigenvalue weighted by Crippen LogP contribution is -2.57. The van der Waals surface area contributed by atoms with E-state index in [1.54, 1.807) is 0 Å². The fourth-order valence-corrected chi connectivity index (χ4v) is 2.68. The van der Waals surface area contributed by atoms with Crippen molar-refractivity contribution >= 4 is 42.2 Å². The van der Waals surface area contributed by atoms with Crippen molar-refractivity contribution in [3.63, 3.8) is 0 Å². The lowest BCUT2D eigenvalue weighted by molar-refractivity contribution is -0.142. The van der Waals surface area contributed by atoms with Crippen LogP contribution in [-0.2, 0) is 30.4 Å². The Bertz CT molecular complexity index is 788. The fourth-order valence-electron chi connectivity index (χ4n) is 2.42. The lowest BCUT2D eigenvalue weighted by atomic mass is 10.1. The average molecular weight is 458 g/mol. The summed E-state index contributed by atoms with van der Waals surface area (Å²) in [6.07, 6.45) is 2.71. The zero-order valence-corrected chi connectivity index (χ0v) is 17.7. The van der Waals surface area contributed by atoms with Crippen LogP contribution in [0.5, 0.6) is 0 Å². The molecule has 31 heavy (non-hydrogen) atoms. The van der Waals surface area contributed by atoms with Gasteiger partial charge in [0.1, 0.15) is 18.1 Å². The van der Waals surface area contributed by atoms with E-state index in [0.29, 0.717) is 5.69 Å². The lowest BCUT2D eigenvalue weighted by Gasteiger charge is -2.22. The van der Waals surface area contributed by atoms with Crippen LogP contribution in [0.2, 0.25) is 0 Å². The SMILES string of the molecule is CC(NC(=O)C(N)Cc1cnc[nH]1)C(=O)NC(CS)C(=O)NC(CCC(N)=O)C(=O)O. The second kappa shape index (κ2) is 12.5. The number of primary amides is 1. The summed E-state index contributed by atoms with van der Waals surface area (Å²) in [5.41, 5.74) is 11.5. The van der Waals surface area contributed by atoms with Crippen molar-refractivity contribution in [1.29, 1.82) is 0 Å². The van der Waals surface area contributed by atoms with Gasteiger partial charge in [-0.3, -0.25) is 19.2 Å². The number of nitrogens with one attached hydrogen (secondary N) is 4. The van der Waals surface area contributed by atoms with Gasteiger partial charge in [-0.25, -0.2) is 9.78 Å². The van der Waals surface area contributed by atoms with E-state index in [0.717, 1.165) is 0 Å². The number of imidazole rings is 1. The minimum atomic E-state index is -1.36. The van der Waals surface area contributed by atoms with Crippen LogP contribution in [0.15, 0.2) is 12.5 Å². The third-order valence-corrected chi connectivity index (χ3v) is 4.56. The molecule has 13 nitrogen and oxygen atoms in total. The summed E-state index contributed by atoms with van der Waals surface area (Å²) in [5, 5.41) is 16.2. The predicted molar refractivity (Wildman–Crippen MR) is 112 cm³/mol. The molecule has 9 N–H and O–H groups in total. The molecule has 0 saturated carbocycles. The molecule has 0 aliphatic carbocycles. The molecule has 1 heterocycles. The van der Waals surface area contributed by atoms with E-state index in [-0.39, 0.29) is 25.0 Å². The zero-order chi connectivity index (χ0) is 23.6. The molecule has 0 fully saturated rings. The number of aromatic nitrogens is 2. The van der Waals surface area contributed by atoms with Crippen LogP contribution in [0.3, 0.4) is 0 Å². The maximum atomic E-state index is 12.4. The van der Waals surface area contributed by atoms with Gasteiger partial charge < -0.3 is 37.5 Å². The van der Waals surface area contributed by atoms with E-state index in [1.165, 1.54) is 19.4 Å². The third-order valence-electron chi connectivity index (χ3n) is 4.19. The van der Waals surface area contributed by atoms with Gasteiger partial charge in [-0.15, -0.1) is 0 Å². The van der Waals surface area contributed by atoms with Crippen LogP contribution in [0.25, 0.3) is 0 Å². The number of carbonyl (C=O) groups excluding carboxylic acids is 4. The van der Waals surface area contributed by atoms with E-state index in [1.807, 2.05) is 0 Å². The molecule has 4 unspecified atom stereocenters. The minimum absolute atomic E-state index is 0.139. The molecule has 0 bridgehead atoms. The van der Waals surface area contributed by atoms with E-state index in [4.69, 9.17) is 16.6 Å². The summed E-state index contributed by atoms with van der Waals surface area (Å²) >= 11 is 4.00. The van der Waals surface area contributed by atoms with Crippen LogP contribution >= 0.6 is 12.6 Å². The number of aromatic amines is 1. The molecular formula is C17H27N7O6S. The van der Waals surface area contributed by atoms with Crippen molar-refractivity contribution in [3.05, 3.63) is 18.2 Å². The monoisotopic (exact) mass is 457 g/mol. The van der Waals surface area contributed by atoms with E-state index >= 15 is 0 Å². The number of amides is 4. The summed E-state index contributed by atoms with van der Waals surface area (Å²) in [6, 6.07) is -4.50. The van der Waals surface area contributed by atoms with Crippen molar-refractivity contribution in [1.82, 2.24) is 25.9 Å². The van der Waals surface area contributed by atoms with Crippen LogP contribution in [0, 0.1) is 0 Å². The smallest absolute Gasteiger partial charge is 0.326 e. The molecule has 0 radical (unpaired) electrons. The van der Waals surface area contributed by atoms with Gasteiger partial charge in [0.15, 0.2) is 0 Å². The maximum Gasteiger partial charge on any atom is 0.326 e. The van der Waals surface area contributed by atoms with Crippen LogP contribution in [0.4, 0.5) is 0 Å². The van der Waals surface area contributed by atoms with E-state index < -0.39 is 53.8 Å². The van der Waals surface area contributed by atoms with Crippen LogP contribution < -0.4 is 27.4 Å². The fraction of sp³-hybridized carbons (Fsp3) is 0.529. The zero-order valence-electron chi connectivity index (χ0n) is 16.8. The van der Waals surface area contributed by atoms with E-state index in [9.17, 15) is 24.0 Å². The van der Waals surface area contributed by atoms with Gasteiger partial charge in [0.05, 0.1) is 12.4 Å². The highest BCUT2D eigenvalue weighted by Gasteiger charge is 2.28. The standard InChI is InChI=1S/C17H27N7O6S/c1-8(22-15(27)10(18)4-9-5-20-7-21-9)14(26)24-12(6-31)16(28)23-11(17(29)30)2-3-13(19)25/h5,7-8,10-12,31H,2-4,6,18H2,1H3,(H2,19,25)(H,20,21)(H,22,27)(H,23,28)(H,24,26)(H,29,30). The normalized spacial score (nSPS) is 14.5. The molecule has 1 aromatic rings. The van der Waals surface area contributed by atoms with Crippen LogP contribution in [-0.4, -0.2) is 74.6 Å². The number of hydrogen-bond donors (Lipinski definition) is 8. The Balaban J connectivity index is 2.60.